The molecule has 2 aromatic carbocycles. The molecule has 2 saturated heterocycles. The van der Waals surface area contributed by atoms with Crippen molar-refractivity contribution in [2.45, 2.75) is 91.1 Å². The number of rotatable bonds is 7. The van der Waals surface area contributed by atoms with Crippen molar-refractivity contribution in [1.82, 2.24) is 15.1 Å². The van der Waals surface area contributed by atoms with Crippen molar-refractivity contribution in [3.8, 4) is 0 Å². The summed E-state index contributed by atoms with van der Waals surface area (Å²) in [7, 11) is 0. The number of alkyl carbamates (subject to hydrolysis) is 1. The first-order valence-corrected chi connectivity index (χ1v) is 14.1. The summed E-state index contributed by atoms with van der Waals surface area (Å²) in [4.78, 5) is 16.7. The average molecular weight is 582 g/mol. The van der Waals surface area contributed by atoms with Gasteiger partial charge in [0.1, 0.15) is 5.60 Å². The van der Waals surface area contributed by atoms with Crippen LogP contribution in [-0.2, 0) is 30.9 Å². The van der Waals surface area contributed by atoms with Crippen LogP contribution in [0, 0.1) is 0 Å². The van der Waals surface area contributed by atoms with Gasteiger partial charge in [-0.1, -0.05) is 61.4 Å². The van der Waals surface area contributed by atoms with Gasteiger partial charge in [0.15, 0.2) is 0 Å². The molecule has 0 spiro atoms. The van der Waals surface area contributed by atoms with Crippen LogP contribution in [-0.4, -0.2) is 47.7 Å². The van der Waals surface area contributed by atoms with Gasteiger partial charge in [0.25, 0.3) is 0 Å². The minimum absolute atomic E-state index is 0. The van der Waals surface area contributed by atoms with E-state index in [0.29, 0.717) is 13.1 Å². The largest absolute Gasteiger partial charge is 0.444 e. The fourth-order valence-electron chi connectivity index (χ4n) is 4.78. The second-order valence-corrected chi connectivity index (χ2v) is 11.4. The Hall–Kier alpha value is -1.83. The zero-order valence-electron chi connectivity index (χ0n) is 24.1. The second kappa shape index (κ2) is 18.5. The van der Waals surface area contributed by atoms with Gasteiger partial charge in [-0.2, -0.15) is 0 Å². The van der Waals surface area contributed by atoms with E-state index in [1.807, 2.05) is 20.8 Å². The average Bonchev–Trinajstić information content (AvgIpc) is 2.89. The summed E-state index contributed by atoms with van der Waals surface area (Å²) in [6.07, 6.45) is 7.76. The van der Waals surface area contributed by atoms with Crippen LogP contribution < -0.4 is 11.1 Å². The van der Waals surface area contributed by atoms with Crippen molar-refractivity contribution in [3.63, 3.8) is 0 Å². The summed E-state index contributed by atoms with van der Waals surface area (Å²) >= 11 is 0. The number of likely N-dealkylation sites (tertiary alicyclic amines) is 2. The van der Waals surface area contributed by atoms with Crippen molar-refractivity contribution in [2.75, 3.05) is 26.2 Å². The Bertz CT molecular complexity index is 921. The van der Waals surface area contributed by atoms with Crippen molar-refractivity contribution in [1.29, 1.82) is 0 Å². The molecular formula is C31H50Cl2N4O2. The Morgan fingerprint density at radius 2 is 1.10 bits per heavy atom. The van der Waals surface area contributed by atoms with Crippen LogP contribution in [0.4, 0.5) is 4.79 Å². The van der Waals surface area contributed by atoms with E-state index in [4.69, 9.17) is 10.5 Å². The molecule has 39 heavy (non-hydrogen) atoms. The summed E-state index contributed by atoms with van der Waals surface area (Å²) in [6, 6.07) is 17.2. The van der Waals surface area contributed by atoms with Crippen LogP contribution in [0.3, 0.4) is 0 Å². The SMILES string of the molecule is CC(C)(C)OC(=O)NCc1ccc(CN2CCCCC2)cc1.Cl.Cl.NCc1ccc(CN2CCCCC2)cc1. The highest BCUT2D eigenvalue weighted by atomic mass is 35.5. The normalized spacial score (nSPS) is 16.1. The molecule has 8 heteroatoms. The first-order chi connectivity index (χ1) is 17.8. The molecule has 2 heterocycles. The standard InChI is InChI=1S/C18H28N2O2.C13H20N2.2ClH/c1-18(2,3)22-17(21)19-13-15-7-9-16(10-8-15)14-20-11-5-4-6-12-20;14-10-12-4-6-13(7-5-12)11-15-8-2-1-3-9-15;;/h7-10H,4-6,11-14H2,1-3H3,(H,19,21);4-7H,1-3,8-11,14H2;2*1H. The Morgan fingerprint density at radius 3 is 1.49 bits per heavy atom. The molecule has 2 aromatic rings. The number of halogens is 2. The van der Waals surface area contributed by atoms with Crippen LogP contribution in [0.5, 0.6) is 0 Å². The first kappa shape index (κ1) is 35.2. The van der Waals surface area contributed by atoms with Gasteiger partial charge in [-0.3, -0.25) is 9.80 Å². The number of benzene rings is 2. The zero-order valence-corrected chi connectivity index (χ0v) is 25.8. The Balaban J connectivity index is 0.000000394. The van der Waals surface area contributed by atoms with E-state index in [0.717, 1.165) is 18.7 Å². The molecule has 2 fully saturated rings. The second-order valence-electron chi connectivity index (χ2n) is 11.4. The highest BCUT2D eigenvalue weighted by Gasteiger charge is 2.16. The van der Waals surface area contributed by atoms with Gasteiger partial charge in [-0.05, 0) is 94.9 Å². The maximum atomic E-state index is 11.6. The van der Waals surface area contributed by atoms with Crippen molar-refractivity contribution < 1.29 is 9.53 Å². The van der Waals surface area contributed by atoms with E-state index in [2.05, 4.69) is 63.6 Å². The number of nitrogens with two attached hydrogens (primary N) is 1. The molecule has 0 atom stereocenters. The maximum Gasteiger partial charge on any atom is 0.407 e. The minimum Gasteiger partial charge on any atom is -0.444 e. The summed E-state index contributed by atoms with van der Waals surface area (Å²) in [5.41, 5.74) is 10.2. The van der Waals surface area contributed by atoms with E-state index < -0.39 is 5.60 Å². The first-order valence-electron chi connectivity index (χ1n) is 14.1. The molecule has 0 saturated carbocycles. The molecule has 3 N–H and O–H groups in total. The number of hydrogen-bond acceptors (Lipinski definition) is 5. The van der Waals surface area contributed by atoms with Crippen LogP contribution >= 0.6 is 24.8 Å². The molecule has 0 aromatic heterocycles. The van der Waals surface area contributed by atoms with Gasteiger partial charge in [-0.25, -0.2) is 4.79 Å². The Kier molecular flexibility index (Phi) is 16.7. The van der Waals surface area contributed by atoms with Crippen LogP contribution in [0.15, 0.2) is 48.5 Å². The van der Waals surface area contributed by atoms with Gasteiger partial charge in [0, 0.05) is 26.2 Å². The van der Waals surface area contributed by atoms with Gasteiger partial charge in [0.05, 0.1) is 0 Å². The summed E-state index contributed by atoms with van der Waals surface area (Å²) < 4.78 is 5.23. The van der Waals surface area contributed by atoms with Gasteiger partial charge < -0.3 is 15.8 Å². The van der Waals surface area contributed by atoms with E-state index in [9.17, 15) is 4.79 Å². The van der Waals surface area contributed by atoms with E-state index in [-0.39, 0.29) is 30.9 Å². The van der Waals surface area contributed by atoms with Crippen molar-refractivity contribution >= 4 is 30.9 Å². The van der Waals surface area contributed by atoms with E-state index in [1.165, 1.54) is 81.4 Å². The predicted octanol–water partition coefficient (Wildman–Crippen LogP) is 6.67. The predicted molar refractivity (Wildman–Crippen MR) is 167 cm³/mol. The molecule has 6 nitrogen and oxygen atoms in total. The fraction of sp³-hybridized carbons (Fsp3) is 0.581. The quantitative estimate of drug-likeness (QED) is 0.382. The molecule has 0 bridgehead atoms. The molecule has 0 radical (unpaired) electrons. The molecule has 0 unspecified atom stereocenters. The Labute approximate surface area is 248 Å². The lowest BCUT2D eigenvalue weighted by Crippen LogP contribution is -2.32. The van der Waals surface area contributed by atoms with Crippen LogP contribution in [0.25, 0.3) is 0 Å². The van der Waals surface area contributed by atoms with Crippen LogP contribution in [0.1, 0.15) is 81.5 Å². The molecule has 220 valence electrons. The summed E-state index contributed by atoms with van der Waals surface area (Å²) in [5.74, 6) is 0. The van der Waals surface area contributed by atoms with Gasteiger partial charge in [0.2, 0.25) is 0 Å². The summed E-state index contributed by atoms with van der Waals surface area (Å²) in [5, 5.41) is 2.78. The molecular weight excluding hydrogens is 531 g/mol. The molecule has 4 rings (SSSR count). The molecule has 2 aliphatic heterocycles. The molecule has 1 amide bonds. The number of carbonyl (C=O) groups is 1. The highest BCUT2D eigenvalue weighted by molar-refractivity contribution is 5.85. The topological polar surface area (TPSA) is 70.8 Å². The number of hydrogen-bond donors (Lipinski definition) is 2. The van der Waals surface area contributed by atoms with Gasteiger partial charge in [-0.15, -0.1) is 24.8 Å². The number of amides is 1. The third-order valence-corrected chi connectivity index (χ3v) is 6.83. The highest BCUT2D eigenvalue weighted by Crippen LogP contribution is 2.15. The number of ether oxygens (including phenoxy) is 1. The monoisotopic (exact) mass is 580 g/mol. The number of piperidine rings is 2. The van der Waals surface area contributed by atoms with E-state index >= 15 is 0 Å². The van der Waals surface area contributed by atoms with Gasteiger partial charge >= 0.3 is 6.09 Å². The van der Waals surface area contributed by atoms with Crippen molar-refractivity contribution in [3.05, 3.63) is 70.8 Å². The molecule has 0 aliphatic carbocycles. The lowest BCUT2D eigenvalue weighted by Gasteiger charge is -2.26. The summed E-state index contributed by atoms with van der Waals surface area (Å²) in [6.45, 7) is 13.8. The third kappa shape index (κ3) is 14.4. The number of nitrogens with one attached hydrogen (secondary N) is 1. The van der Waals surface area contributed by atoms with E-state index in [1.54, 1.807) is 0 Å². The third-order valence-electron chi connectivity index (χ3n) is 6.83. The van der Waals surface area contributed by atoms with Crippen molar-refractivity contribution in [2.24, 2.45) is 5.73 Å². The van der Waals surface area contributed by atoms with Crippen LogP contribution in [0.2, 0.25) is 0 Å². The smallest absolute Gasteiger partial charge is 0.407 e. The number of carbonyl (C=O) groups excluding carboxylic acids is 1. The Morgan fingerprint density at radius 1 is 0.718 bits per heavy atom. The lowest BCUT2D eigenvalue weighted by atomic mass is 10.1. The minimum atomic E-state index is -0.456. The number of nitrogens with zero attached hydrogens (tertiary/aromatic N) is 2. The lowest BCUT2D eigenvalue weighted by molar-refractivity contribution is 0.0523. The fourth-order valence-corrected chi connectivity index (χ4v) is 4.78. The molecule has 2 aliphatic rings. The maximum absolute atomic E-state index is 11.6. The zero-order chi connectivity index (χ0) is 26.5.